The smallest absolute Gasteiger partial charge is 0.272 e. The van der Waals surface area contributed by atoms with Crippen LogP contribution in [-0.4, -0.2) is 40.1 Å². The Labute approximate surface area is 197 Å². The summed E-state index contributed by atoms with van der Waals surface area (Å²) in [5.74, 6) is 1.17. The molecule has 3 aromatic rings. The number of H-pyrrole nitrogens is 1. The Bertz CT molecular complexity index is 1220. The van der Waals surface area contributed by atoms with Gasteiger partial charge in [-0.1, -0.05) is 38.1 Å². The topological polar surface area (TPSA) is 133 Å². The number of nitrogens with zero attached hydrogens (tertiary/aromatic N) is 3. The summed E-state index contributed by atoms with van der Waals surface area (Å²) in [5.41, 5.74) is 3.19. The summed E-state index contributed by atoms with van der Waals surface area (Å²) in [6.45, 7) is 5.18. The van der Waals surface area contributed by atoms with Crippen molar-refractivity contribution in [3.05, 3.63) is 64.7 Å². The Hall–Kier alpha value is -3.79. The minimum absolute atomic E-state index is 0.0199. The Morgan fingerprint density at radius 1 is 1.12 bits per heavy atom. The third kappa shape index (κ3) is 5.96. The van der Waals surface area contributed by atoms with Crippen molar-refractivity contribution in [3.8, 4) is 0 Å². The van der Waals surface area contributed by atoms with E-state index in [4.69, 9.17) is 4.84 Å². The third-order valence-electron chi connectivity index (χ3n) is 5.52. The fraction of sp³-hybridized carbons (Fsp3) is 0.375. The van der Waals surface area contributed by atoms with Gasteiger partial charge in [0.2, 0.25) is 11.8 Å². The highest BCUT2D eigenvalue weighted by molar-refractivity contribution is 5.90. The van der Waals surface area contributed by atoms with Crippen molar-refractivity contribution in [1.82, 2.24) is 26.0 Å². The maximum Gasteiger partial charge on any atom is 0.272 e. The van der Waals surface area contributed by atoms with Gasteiger partial charge in [-0.2, -0.15) is 5.10 Å². The number of pyridine rings is 1. The predicted molar refractivity (Wildman–Crippen MR) is 130 cm³/mol. The number of aromatic nitrogens is 3. The summed E-state index contributed by atoms with van der Waals surface area (Å²) in [7, 11) is 0. The first-order chi connectivity index (χ1) is 16.4. The van der Waals surface area contributed by atoms with E-state index >= 15 is 0 Å². The summed E-state index contributed by atoms with van der Waals surface area (Å²) in [4.78, 5) is 38.5. The number of carbonyl (C=O) groups is 1. The molecule has 10 nitrogen and oxygen atoms in total. The summed E-state index contributed by atoms with van der Waals surface area (Å²) >= 11 is 0. The molecule has 0 radical (unpaired) electrons. The van der Waals surface area contributed by atoms with Crippen LogP contribution in [0.2, 0.25) is 0 Å². The monoisotopic (exact) mass is 463 g/mol. The van der Waals surface area contributed by atoms with Crippen molar-refractivity contribution in [3.63, 3.8) is 0 Å². The second-order valence-electron chi connectivity index (χ2n) is 8.99. The van der Waals surface area contributed by atoms with E-state index in [2.05, 4.69) is 50.1 Å². The average Bonchev–Trinajstić information content (AvgIpc) is 3.32. The molecule has 1 aliphatic rings. The number of hydrogen-bond acceptors (Lipinski definition) is 8. The number of anilines is 1. The van der Waals surface area contributed by atoms with Crippen molar-refractivity contribution >= 4 is 28.4 Å². The molecule has 0 fully saturated rings. The number of aromatic amines is 1. The van der Waals surface area contributed by atoms with Gasteiger partial charge >= 0.3 is 0 Å². The van der Waals surface area contributed by atoms with E-state index in [9.17, 15) is 9.59 Å². The number of amides is 1. The minimum atomic E-state index is -0.313. The fourth-order valence-corrected chi connectivity index (χ4v) is 3.56. The molecule has 0 spiro atoms. The highest BCUT2D eigenvalue weighted by atomic mass is 16.7. The van der Waals surface area contributed by atoms with Crippen LogP contribution < -0.4 is 21.7 Å². The van der Waals surface area contributed by atoms with Gasteiger partial charge in [0.15, 0.2) is 12.0 Å². The van der Waals surface area contributed by atoms with E-state index in [-0.39, 0.29) is 23.0 Å². The van der Waals surface area contributed by atoms with Gasteiger partial charge in [-0.05, 0) is 30.0 Å². The quantitative estimate of drug-likeness (QED) is 0.363. The molecule has 4 N–H and O–H groups in total. The highest BCUT2D eigenvalue weighted by Gasteiger charge is 2.22. The molecule has 2 aromatic heterocycles. The molecular formula is C24H29N7O3. The average molecular weight is 464 g/mol. The Kier molecular flexibility index (Phi) is 7.17. The maximum atomic E-state index is 12.3. The van der Waals surface area contributed by atoms with E-state index in [1.807, 2.05) is 36.4 Å². The third-order valence-corrected chi connectivity index (χ3v) is 5.52. The second kappa shape index (κ2) is 10.4. The Morgan fingerprint density at radius 3 is 2.71 bits per heavy atom. The molecule has 3 heterocycles. The molecule has 1 amide bonds. The highest BCUT2D eigenvalue weighted by Crippen LogP contribution is 2.21. The van der Waals surface area contributed by atoms with E-state index in [0.717, 1.165) is 11.1 Å². The van der Waals surface area contributed by atoms with Crippen molar-refractivity contribution in [2.75, 3.05) is 18.4 Å². The molecule has 1 aliphatic heterocycles. The molecule has 0 saturated heterocycles. The zero-order chi connectivity index (χ0) is 24.0. The van der Waals surface area contributed by atoms with Crippen molar-refractivity contribution < 1.29 is 9.63 Å². The van der Waals surface area contributed by atoms with Gasteiger partial charge in [-0.25, -0.2) is 10.1 Å². The lowest BCUT2D eigenvalue weighted by Gasteiger charge is -2.26. The lowest BCUT2D eigenvalue weighted by molar-refractivity contribution is -0.121. The van der Waals surface area contributed by atoms with Gasteiger partial charge in [-0.15, -0.1) is 5.48 Å². The SMILES string of the molecule is CC(C)(CNC(=O)CCCC1=NC(c2ccccn2)NO1)CNc1n[nH]c(=O)c2ccccc12. The van der Waals surface area contributed by atoms with Crippen LogP contribution in [0.3, 0.4) is 0 Å². The molecule has 0 saturated carbocycles. The minimum Gasteiger partial charge on any atom is -0.391 e. The zero-order valence-electron chi connectivity index (χ0n) is 19.3. The van der Waals surface area contributed by atoms with Gasteiger partial charge in [0.25, 0.3) is 5.56 Å². The van der Waals surface area contributed by atoms with Crippen molar-refractivity contribution in [2.24, 2.45) is 10.4 Å². The fourth-order valence-electron chi connectivity index (χ4n) is 3.56. The molecule has 1 aromatic carbocycles. The molecular weight excluding hydrogens is 434 g/mol. The predicted octanol–water partition coefficient (Wildman–Crippen LogP) is 2.67. The number of hydroxylamine groups is 1. The summed E-state index contributed by atoms with van der Waals surface area (Å²) in [6, 6.07) is 13.0. The normalized spacial score (nSPS) is 15.6. The van der Waals surface area contributed by atoms with Gasteiger partial charge in [0, 0.05) is 37.5 Å². The van der Waals surface area contributed by atoms with Gasteiger partial charge < -0.3 is 15.5 Å². The standard InChI is InChI=1S/C24H29N7O3/c1-24(2,15-27-21-16-8-3-4-9-17(16)23(33)30-29-21)14-26-19(32)11-7-12-20-28-22(31-34-20)18-10-5-6-13-25-18/h3-6,8-10,13,22,31H,7,11-12,14-15H2,1-2H3,(H,26,32)(H,27,29)(H,30,33). The van der Waals surface area contributed by atoms with Crippen LogP contribution in [0.5, 0.6) is 0 Å². The van der Waals surface area contributed by atoms with Gasteiger partial charge in [0.05, 0.1) is 11.1 Å². The van der Waals surface area contributed by atoms with E-state index < -0.39 is 0 Å². The second-order valence-corrected chi connectivity index (χ2v) is 8.99. The van der Waals surface area contributed by atoms with E-state index in [0.29, 0.717) is 49.5 Å². The summed E-state index contributed by atoms with van der Waals surface area (Å²) in [5, 5.41) is 14.3. The maximum absolute atomic E-state index is 12.3. The first kappa shape index (κ1) is 23.4. The van der Waals surface area contributed by atoms with Crippen LogP contribution >= 0.6 is 0 Å². The van der Waals surface area contributed by atoms with Crippen molar-refractivity contribution in [2.45, 2.75) is 39.3 Å². The number of rotatable bonds is 10. The van der Waals surface area contributed by atoms with Crippen LogP contribution in [0.25, 0.3) is 10.8 Å². The van der Waals surface area contributed by atoms with E-state index in [1.165, 1.54) is 0 Å². The first-order valence-corrected chi connectivity index (χ1v) is 11.3. The molecule has 178 valence electrons. The van der Waals surface area contributed by atoms with Crippen molar-refractivity contribution in [1.29, 1.82) is 0 Å². The Balaban J connectivity index is 1.20. The number of carbonyl (C=O) groups excluding carboxylic acids is 1. The molecule has 1 atom stereocenters. The van der Waals surface area contributed by atoms with Gasteiger partial charge in [0.1, 0.15) is 0 Å². The number of fused-ring (bicyclic) bond motifs is 1. The lowest BCUT2D eigenvalue weighted by Crippen LogP contribution is -2.38. The molecule has 0 aliphatic carbocycles. The molecule has 0 bridgehead atoms. The lowest BCUT2D eigenvalue weighted by atomic mass is 9.93. The summed E-state index contributed by atoms with van der Waals surface area (Å²) in [6.07, 6.45) is 2.98. The van der Waals surface area contributed by atoms with E-state index in [1.54, 1.807) is 12.3 Å². The van der Waals surface area contributed by atoms with Crippen LogP contribution in [-0.2, 0) is 9.63 Å². The van der Waals surface area contributed by atoms with Crippen LogP contribution in [0.15, 0.2) is 58.4 Å². The summed E-state index contributed by atoms with van der Waals surface area (Å²) < 4.78 is 0. The number of aliphatic imine (C=N–C) groups is 1. The Morgan fingerprint density at radius 2 is 1.91 bits per heavy atom. The van der Waals surface area contributed by atoms with Crippen LogP contribution in [0.1, 0.15) is 45.0 Å². The van der Waals surface area contributed by atoms with Crippen LogP contribution in [0, 0.1) is 5.41 Å². The molecule has 4 rings (SSSR count). The van der Waals surface area contributed by atoms with Crippen LogP contribution in [0.4, 0.5) is 5.82 Å². The number of benzene rings is 1. The largest absolute Gasteiger partial charge is 0.391 e. The molecule has 10 heteroatoms. The zero-order valence-corrected chi connectivity index (χ0v) is 19.3. The molecule has 34 heavy (non-hydrogen) atoms. The first-order valence-electron chi connectivity index (χ1n) is 11.3. The van der Waals surface area contributed by atoms with Gasteiger partial charge in [-0.3, -0.25) is 14.6 Å². The number of hydrogen-bond donors (Lipinski definition) is 4. The number of nitrogens with one attached hydrogen (secondary N) is 4. The molecule has 1 unspecified atom stereocenters.